The van der Waals surface area contributed by atoms with Crippen LogP contribution in [0.1, 0.15) is 47.4 Å². The number of rotatable bonds is 7. The number of amides is 2. The molecule has 0 aliphatic carbocycles. The Morgan fingerprint density at radius 2 is 1.79 bits per heavy atom. The van der Waals surface area contributed by atoms with E-state index in [1.807, 2.05) is 78.6 Å². The number of aryl methyl sites for hydroxylation is 1. The van der Waals surface area contributed by atoms with Crippen LogP contribution in [0.15, 0.2) is 72.8 Å². The van der Waals surface area contributed by atoms with E-state index in [0.717, 1.165) is 53.0 Å². The first-order chi connectivity index (χ1) is 16.0. The molecule has 33 heavy (non-hydrogen) atoms. The minimum atomic E-state index is -0.331. The summed E-state index contributed by atoms with van der Waals surface area (Å²) in [7, 11) is 0. The van der Waals surface area contributed by atoms with E-state index in [9.17, 15) is 9.59 Å². The molecule has 0 radical (unpaired) electrons. The first kappa shape index (κ1) is 22.7. The highest BCUT2D eigenvalue weighted by atomic mass is 16.2. The van der Waals surface area contributed by atoms with Crippen molar-refractivity contribution >= 4 is 23.2 Å². The molecule has 1 fully saturated rings. The Morgan fingerprint density at radius 1 is 1.00 bits per heavy atom. The van der Waals surface area contributed by atoms with Crippen molar-refractivity contribution in [3.8, 4) is 0 Å². The molecule has 1 heterocycles. The number of carbonyl (C=O) groups excluding carboxylic acids is 2. The smallest absolute Gasteiger partial charge is 0.232 e. The zero-order chi connectivity index (χ0) is 23.2. The van der Waals surface area contributed by atoms with Crippen LogP contribution in [0.2, 0.25) is 0 Å². The summed E-state index contributed by atoms with van der Waals surface area (Å²) in [6.45, 7) is 3.21. The van der Waals surface area contributed by atoms with Gasteiger partial charge in [0, 0.05) is 30.9 Å². The van der Waals surface area contributed by atoms with E-state index in [2.05, 4.69) is 11.4 Å². The number of anilines is 2. The van der Waals surface area contributed by atoms with Crippen LogP contribution in [0.25, 0.3) is 0 Å². The normalized spacial score (nSPS) is 14.7. The number of hydrogen-bond acceptors (Lipinski definition) is 3. The van der Waals surface area contributed by atoms with E-state index < -0.39 is 0 Å². The van der Waals surface area contributed by atoms with Crippen LogP contribution in [0.4, 0.5) is 11.4 Å². The van der Waals surface area contributed by atoms with E-state index in [4.69, 9.17) is 5.73 Å². The van der Waals surface area contributed by atoms with E-state index in [1.165, 1.54) is 0 Å². The number of piperidine rings is 1. The van der Waals surface area contributed by atoms with Crippen LogP contribution in [-0.2, 0) is 22.6 Å². The highest BCUT2D eigenvalue weighted by molar-refractivity contribution is 5.98. The Morgan fingerprint density at radius 3 is 2.52 bits per heavy atom. The molecule has 170 valence electrons. The van der Waals surface area contributed by atoms with Crippen LogP contribution >= 0.6 is 0 Å². The lowest BCUT2D eigenvalue weighted by Gasteiger charge is -2.28. The molecule has 1 atom stereocenters. The third kappa shape index (κ3) is 5.49. The summed E-state index contributed by atoms with van der Waals surface area (Å²) in [6, 6.07) is 23.7. The minimum absolute atomic E-state index is 0.0550. The third-order valence-corrected chi connectivity index (χ3v) is 6.26. The quantitative estimate of drug-likeness (QED) is 0.546. The van der Waals surface area contributed by atoms with Crippen LogP contribution in [0.3, 0.4) is 0 Å². The summed E-state index contributed by atoms with van der Waals surface area (Å²) in [5, 5.41) is 3.10. The molecular weight excluding hydrogens is 410 g/mol. The first-order valence-corrected chi connectivity index (χ1v) is 11.6. The Hall–Kier alpha value is -3.44. The Balaban J connectivity index is 1.55. The molecule has 1 aliphatic heterocycles. The molecule has 0 saturated carbocycles. The highest BCUT2D eigenvalue weighted by Gasteiger charge is 2.23. The van der Waals surface area contributed by atoms with Gasteiger partial charge in [0.25, 0.3) is 0 Å². The Labute approximate surface area is 195 Å². The number of nitrogens with zero attached hydrogens (tertiary/aromatic N) is 1. The maximum absolute atomic E-state index is 13.4. The van der Waals surface area contributed by atoms with Gasteiger partial charge in [0.2, 0.25) is 11.8 Å². The molecule has 3 aromatic carbocycles. The Kier molecular flexibility index (Phi) is 7.20. The zero-order valence-electron chi connectivity index (χ0n) is 19.1. The molecule has 0 aromatic heterocycles. The number of hydrogen-bond donors (Lipinski definition) is 2. The SMILES string of the molecule is Cc1cc(NC(=O)C(Cc2cccc(CN)c2)c2ccccc2)ccc1N1CCCCC1=O. The van der Waals surface area contributed by atoms with Crippen LogP contribution in [-0.4, -0.2) is 18.4 Å². The van der Waals surface area contributed by atoms with Gasteiger partial charge in [-0.1, -0.05) is 54.6 Å². The van der Waals surface area contributed by atoms with Gasteiger partial charge in [-0.3, -0.25) is 9.59 Å². The van der Waals surface area contributed by atoms with Gasteiger partial charge in [-0.25, -0.2) is 0 Å². The van der Waals surface area contributed by atoms with Crippen molar-refractivity contribution in [3.05, 3.63) is 95.1 Å². The second kappa shape index (κ2) is 10.5. The van der Waals surface area contributed by atoms with Gasteiger partial charge < -0.3 is 16.0 Å². The summed E-state index contributed by atoms with van der Waals surface area (Å²) in [5.41, 5.74) is 11.6. The molecule has 3 aromatic rings. The van der Waals surface area contributed by atoms with Crippen molar-refractivity contribution in [2.24, 2.45) is 5.73 Å². The molecule has 3 N–H and O–H groups in total. The van der Waals surface area contributed by atoms with Gasteiger partial charge in [-0.2, -0.15) is 0 Å². The van der Waals surface area contributed by atoms with Gasteiger partial charge in [-0.05, 0) is 66.6 Å². The lowest BCUT2D eigenvalue weighted by Crippen LogP contribution is -2.35. The predicted molar refractivity (Wildman–Crippen MR) is 133 cm³/mol. The standard InChI is InChI=1S/C28H31N3O2/c1-20-16-24(13-14-26(20)31-15-6-5-12-27(31)32)30-28(33)25(23-10-3-2-4-11-23)18-21-8-7-9-22(17-21)19-29/h2-4,7-11,13-14,16-17,25H,5-6,12,15,18-19,29H2,1H3,(H,30,33). The van der Waals surface area contributed by atoms with E-state index in [-0.39, 0.29) is 17.7 Å². The van der Waals surface area contributed by atoms with Crippen molar-refractivity contribution in [3.63, 3.8) is 0 Å². The van der Waals surface area contributed by atoms with Crippen molar-refractivity contribution in [2.45, 2.75) is 45.1 Å². The van der Waals surface area contributed by atoms with Crippen molar-refractivity contribution in [2.75, 3.05) is 16.8 Å². The number of nitrogens with one attached hydrogen (secondary N) is 1. The second-order valence-electron chi connectivity index (χ2n) is 8.68. The summed E-state index contributed by atoms with van der Waals surface area (Å²) in [5.74, 6) is -0.214. The second-order valence-corrected chi connectivity index (χ2v) is 8.68. The van der Waals surface area contributed by atoms with Crippen molar-refractivity contribution in [1.29, 1.82) is 0 Å². The molecule has 2 amide bonds. The average Bonchev–Trinajstić information content (AvgIpc) is 2.84. The largest absolute Gasteiger partial charge is 0.326 e. The lowest BCUT2D eigenvalue weighted by molar-refractivity contribution is -0.119. The molecule has 5 nitrogen and oxygen atoms in total. The fourth-order valence-corrected chi connectivity index (χ4v) is 4.49. The number of benzene rings is 3. The maximum atomic E-state index is 13.4. The summed E-state index contributed by atoms with van der Waals surface area (Å²) >= 11 is 0. The van der Waals surface area contributed by atoms with Gasteiger partial charge in [0.1, 0.15) is 0 Å². The summed E-state index contributed by atoms with van der Waals surface area (Å²) < 4.78 is 0. The van der Waals surface area contributed by atoms with Gasteiger partial charge >= 0.3 is 0 Å². The monoisotopic (exact) mass is 441 g/mol. The van der Waals surface area contributed by atoms with E-state index >= 15 is 0 Å². The molecular formula is C28H31N3O2. The molecule has 1 aliphatic rings. The molecule has 0 spiro atoms. The summed E-state index contributed by atoms with van der Waals surface area (Å²) in [6.07, 6.45) is 3.16. The van der Waals surface area contributed by atoms with Crippen LogP contribution in [0.5, 0.6) is 0 Å². The van der Waals surface area contributed by atoms with Gasteiger partial charge in [0.05, 0.1) is 5.92 Å². The van der Waals surface area contributed by atoms with Crippen LogP contribution < -0.4 is 16.0 Å². The van der Waals surface area contributed by atoms with Crippen molar-refractivity contribution < 1.29 is 9.59 Å². The highest BCUT2D eigenvalue weighted by Crippen LogP contribution is 2.29. The Bertz CT molecular complexity index is 1130. The fraction of sp³-hybridized carbons (Fsp3) is 0.286. The number of nitrogens with two attached hydrogens (primary N) is 1. The van der Waals surface area contributed by atoms with E-state index in [1.54, 1.807) is 0 Å². The maximum Gasteiger partial charge on any atom is 0.232 e. The molecule has 4 rings (SSSR count). The van der Waals surface area contributed by atoms with Crippen molar-refractivity contribution in [1.82, 2.24) is 0 Å². The number of carbonyl (C=O) groups is 2. The third-order valence-electron chi connectivity index (χ3n) is 6.26. The van der Waals surface area contributed by atoms with E-state index in [0.29, 0.717) is 19.4 Å². The molecule has 1 saturated heterocycles. The zero-order valence-corrected chi connectivity index (χ0v) is 19.1. The molecule has 5 heteroatoms. The van der Waals surface area contributed by atoms with Gasteiger partial charge in [0.15, 0.2) is 0 Å². The fourth-order valence-electron chi connectivity index (χ4n) is 4.49. The van der Waals surface area contributed by atoms with Gasteiger partial charge in [-0.15, -0.1) is 0 Å². The molecule has 0 bridgehead atoms. The first-order valence-electron chi connectivity index (χ1n) is 11.6. The lowest BCUT2D eigenvalue weighted by atomic mass is 9.90. The molecule has 1 unspecified atom stereocenters. The minimum Gasteiger partial charge on any atom is -0.326 e. The van der Waals surface area contributed by atoms with Crippen LogP contribution in [0, 0.1) is 6.92 Å². The summed E-state index contributed by atoms with van der Waals surface area (Å²) in [4.78, 5) is 27.6. The average molecular weight is 442 g/mol. The predicted octanol–water partition coefficient (Wildman–Crippen LogP) is 4.94. The topological polar surface area (TPSA) is 75.4 Å².